The number of amides is 2. The molecule has 7 N–H and O–H groups in total. The van der Waals surface area contributed by atoms with Crippen LogP contribution in [0, 0.1) is 0 Å². The molecule has 112 valence electrons. The summed E-state index contributed by atoms with van der Waals surface area (Å²) in [6.45, 7) is 5.61. The van der Waals surface area contributed by atoms with E-state index in [2.05, 4.69) is 15.3 Å². The molecule has 0 fully saturated rings. The fourth-order valence-corrected chi connectivity index (χ4v) is 2.09. The average Bonchev–Trinajstić information content (AvgIpc) is 2.31. The lowest BCUT2D eigenvalue weighted by Crippen LogP contribution is -2.57. The Bertz CT molecular complexity index is 479. The van der Waals surface area contributed by atoms with E-state index in [9.17, 15) is 4.79 Å². The third kappa shape index (κ3) is 3.61. The molecule has 0 saturated heterocycles. The van der Waals surface area contributed by atoms with Gasteiger partial charge in [-0.25, -0.2) is 4.79 Å². The lowest BCUT2D eigenvalue weighted by Gasteiger charge is -2.35. The highest BCUT2D eigenvalue weighted by Crippen LogP contribution is 2.23. The Balaban J connectivity index is 3.25. The van der Waals surface area contributed by atoms with E-state index in [0.717, 1.165) is 0 Å². The third-order valence-electron chi connectivity index (χ3n) is 2.50. The van der Waals surface area contributed by atoms with E-state index < -0.39 is 12.2 Å². The van der Waals surface area contributed by atoms with Crippen molar-refractivity contribution >= 4 is 29.4 Å². The zero-order valence-corrected chi connectivity index (χ0v) is 12.5. The van der Waals surface area contributed by atoms with Crippen molar-refractivity contribution in [3.05, 3.63) is 10.9 Å². The first-order valence-corrected chi connectivity index (χ1v) is 6.57. The van der Waals surface area contributed by atoms with Crippen molar-refractivity contribution in [2.24, 2.45) is 27.2 Å². The molecule has 1 unspecified atom stereocenters. The maximum atomic E-state index is 12.1. The van der Waals surface area contributed by atoms with Crippen LogP contribution in [0.15, 0.2) is 20.8 Å². The second-order valence-electron chi connectivity index (χ2n) is 4.48. The van der Waals surface area contributed by atoms with Crippen LogP contribution in [0.2, 0.25) is 0 Å². The Kier molecular flexibility index (Phi) is 5.34. The number of carbonyl (C=O) groups is 1. The number of guanidine groups is 1. The van der Waals surface area contributed by atoms with E-state index >= 15 is 0 Å². The number of halogens is 1. The van der Waals surface area contributed by atoms with E-state index in [1.54, 1.807) is 0 Å². The Morgan fingerprint density at radius 3 is 2.55 bits per heavy atom. The minimum atomic E-state index is -0.814. The molecule has 0 aromatic carbocycles. The van der Waals surface area contributed by atoms with Crippen LogP contribution in [0.25, 0.3) is 0 Å². The maximum absolute atomic E-state index is 12.1. The molecule has 1 aliphatic heterocycles. The summed E-state index contributed by atoms with van der Waals surface area (Å²) in [6, 6.07) is -0.679. The largest absolute Gasteiger partial charge is 0.370 e. The zero-order valence-electron chi connectivity index (χ0n) is 11.7. The van der Waals surface area contributed by atoms with Crippen molar-refractivity contribution in [2.45, 2.75) is 39.4 Å². The van der Waals surface area contributed by atoms with Gasteiger partial charge in [-0.05, 0) is 20.3 Å². The fraction of sp³-hybridized carbons (Fsp3) is 0.545. The second kappa shape index (κ2) is 6.58. The number of amidine groups is 1. The van der Waals surface area contributed by atoms with E-state index in [1.807, 2.05) is 20.8 Å². The summed E-state index contributed by atoms with van der Waals surface area (Å²) in [5.74, 6) is 0.0519. The fourth-order valence-electron chi connectivity index (χ4n) is 1.77. The summed E-state index contributed by atoms with van der Waals surface area (Å²) in [4.78, 5) is 21.1. The number of nitrogens with one attached hydrogen (secondary N) is 1. The molecule has 0 bridgehead atoms. The minimum absolute atomic E-state index is 0.00350. The van der Waals surface area contributed by atoms with Gasteiger partial charge in [0, 0.05) is 6.04 Å². The van der Waals surface area contributed by atoms with Crippen molar-refractivity contribution < 1.29 is 4.79 Å². The van der Waals surface area contributed by atoms with Crippen LogP contribution in [0.5, 0.6) is 0 Å². The van der Waals surface area contributed by atoms with Crippen LogP contribution in [-0.4, -0.2) is 34.9 Å². The van der Waals surface area contributed by atoms with Crippen LogP contribution in [0.3, 0.4) is 0 Å². The monoisotopic (exact) mass is 301 g/mol. The van der Waals surface area contributed by atoms with Gasteiger partial charge in [-0.2, -0.15) is 4.99 Å². The summed E-state index contributed by atoms with van der Waals surface area (Å²) < 4.78 is 0. The molecular formula is C11H20ClN7O. The first-order valence-electron chi connectivity index (χ1n) is 6.19. The van der Waals surface area contributed by atoms with Crippen LogP contribution in [0.1, 0.15) is 27.2 Å². The number of urea groups is 1. The number of carbonyl (C=O) groups excluding carboxylic acids is 1. The molecule has 2 amide bonds. The number of hydrogen-bond donors (Lipinski definition) is 4. The average molecular weight is 302 g/mol. The van der Waals surface area contributed by atoms with Crippen LogP contribution < -0.4 is 22.5 Å². The van der Waals surface area contributed by atoms with Crippen LogP contribution in [-0.2, 0) is 0 Å². The molecular weight excluding hydrogens is 282 g/mol. The predicted molar refractivity (Wildman–Crippen MR) is 79.9 cm³/mol. The first kappa shape index (κ1) is 16.3. The molecule has 1 aliphatic rings. The van der Waals surface area contributed by atoms with Gasteiger partial charge in [0.2, 0.25) is 0 Å². The number of hydrogen-bond acceptors (Lipinski definition) is 3. The predicted octanol–water partition coefficient (Wildman–Crippen LogP) is 0.195. The van der Waals surface area contributed by atoms with Crippen LogP contribution in [0.4, 0.5) is 4.79 Å². The van der Waals surface area contributed by atoms with Gasteiger partial charge in [-0.3, -0.25) is 9.89 Å². The van der Waals surface area contributed by atoms with Gasteiger partial charge in [0.15, 0.2) is 5.96 Å². The minimum Gasteiger partial charge on any atom is -0.370 e. The lowest BCUT2D eigenvalue weighted by molar-refractivity contribution is 0.211. The van der Waals surface area contributed by atoms with Gasteiger partial charge in [-0.1, -0.05) is 18.5 Å². The second-order valence-corrected chi connectivity index (χ2v) is 4.86. The molecule has 0 aromatic rings. The molecule has 8 nitrogen and oxygen atoms in total. The lowest BCUT2D eigenvalue weighted by atomic mass is 10.2. The highest BCUT2D eigenvalue weighted by molar-refractivity contribution is 6.31. The molecule has 9 heteroatoms. The van der Waals surface area contributed by atoms with Gasteiger partial charge in [0.1, 0.15) is 17.2 Å². The quantitative estimate of drug-likeness (QED) is 0.328. The topological polar surface area (TPSA) is 135 Å². The molecule has 0 saturated carbocycles. The summed E-state index contributed by atoms with van der Waals surface area (Å²) in [7, 11) is 0. The number of nitrogens with zero attached hydrogens (tertiary/aromatic N) is 3. The van der Waals surface area contributed by atoms with Crippen LogP contribution >= 0.6 is 11.6 Å². The van der Waals surface area contributed by atoms with E-state index in [1.165, 1.54) is 4.90 Å². The first-order chi connectivity index (χ1) is 9.27. The number of rotatable bonds is 2. The maximum Gasteiger partial charge on any atom is 0.352 e. The van der Waals surface area contributed by atoms with E-state index in [4.69, 9.17) is 28.8 Å². The Morgan fingerprint density at radius 1 is 1.50 bits per heavy atom. The third-order valence-corrected chi connectivity index (χ3v) is 2.82. The Labute approximate surface area is 122 Å². The van der Waals surface area contributed by atoms with Gasteiger partial charge in [0.25, 0.3) is 0 Å². The van der Waals surface area contributed by atoms with Gasteiger partial charge < -0.3 is 22.5 Å². The standard InChI is InChI=1S/C11H20ClN7O/c1-4-6-7(12)17-9(16-5(2)3)8(13)19(6)11(20)18-10(14)15/h5,8H,4,13H2,1-3H3,(H,16,17)(H4,14,15,18,20). The van der Waals surface area contributed by atoms with Crippen molar-refractivity contribution in [2.75, 3.05) is 0 Å². The van der Waals surface area contributed by atoms with E-state index in [-0.39, 0.29) is 17.2 Å². The van der Waals surface area contributed by atoms with Gasteiger partial charge in [-0.15, -0.1) is 0 Å². The SMILES string of the molecule is CCC1=C(Cl)NC(=NC(C)C)C(N)N1C(=O)N=C(N)N. The number of nitrogens with two attached hydrogens (primary N) is 3. The molecule has 0 aliphatic carbocycles. The molecule has 0 radical (unpaired) electrons. The Hall–Kier alpha value is -1.80. The normalized spacial score (nSPS) is 21.2. The molecule has 1 rings (SSSR count). The molecule has 1 heterocycles. The molecule has 1 atom stereocenters. The van der Waals surface area contributed by atoms with E-state index in [0.29, 0.717) is 18.0 Å². The summed E-state index contributed by atoms with van der Waals surface area (Å²) >= 11 is 6.13. The van der Waals surface area contributed by atoms with Gasteiger partial charge >= 0.3 is 6.03 Å². The smallest absolute Gasteiger partial charge is 0.352 e. The summed E-state index contributed by atoms with van der Waals surface area (Å²) in [5, 5.41) is 3.19. The summed E-state index contributed by atoms with van der Waals surface area (Å²) in [5.41, 5.74) is 17.0. The summed E-state index contributed by atoms with van der Waals surface area (Å²) in [6.07, 6.45) is -0.328. The van der Waals surface area contributed by atoms with Crippen molar-refractivity contribution in [1.82, 2.24) is 10.2 Å². The Morgan fingerprint density at radius 2 is 2.10 bits per heavy atom. The molecule has 0 aromatic heterocycles. The number of allylic oxidation sites excluding steroid dienone is 1. The van der Waals surface area contributed by atoms with Crippen molar-refractivity contribution in [3.63, 3.8) is 0 Å². The molecule has 20 heavy (non-hydrogen) atoms. The molecule has 0 spiro atoms. The highest BCUT2D eigenvalue weighted by atomic mass is 35.5. The highest BCUT2D eigenvalue weighted by Gasteiger charge is 2.34. The van der Waals surface area contributed by atoms with Crippen molar-refractivity contribution in [1.29, 1.82) is 0 Å². The number of aliphatic imine (C=N–C) groups is 2. The zero-order chi connectivity index (χ0) is 15.4. The van der Waals surface area contributed by atoms with Crippen molar-refractivity contribution in [3.8, 4) is 0 Å². The van der Waals surface area contributed by atoms with Gasteiger partial charge in [0.05, 0.1) is 5.70 Å².